The summed E-state index contributed by atoms with van der Waals surface area (Å²) in [5, 5.41) is 19.2. The zero-order valence-corrected chi connectivity index (χ0v) is 59.2. The van der Waals surface area contributed by atoms with E-state index >= 15 is 0 Å². The molecule has 0 saturated carbocycles. The number of nitrogens with zero attached hydrogens (tertiary/aromatic N) is 4. The van der Waals surface area contributed by atoms with Gasteiger partial charge in [-0.15, -0.1) is 0 Å². The average molecular weight is 1330 g/mol. The Hall–Kier alpha value is -7.11. The smallest absolute Gasteiger partial charge is 0.410 e. The van der Waals surface area contributed by atoms with E-state index in [4.69, 9.17) is 19.9 Å². The highest BCUT2D eigenvalue weighted by Gasteiger charge is 2.44. The number of methoxy groups -OCH3 is 2. The Morgan fingerprint density at radius 1 is 0.747 bits per heavy atom. The monoisotopic (exact) mass is 1330 g/mol. The molecule has 0 radical (unpaired) electrons. The van der Waals surface area contributed by atoms with Crippen LogP contribution in [0.5, 0.6) is 0 Å². The van der Waals surface area contributed by atoms with E-state index in [-0.39, 0.29) is 147 Å². The van der Waals surface area contributed by atoms with Gasteiger partial charge in [0.1, 0.15) is 12.4 Å². The van der Waals surface area contributed by atoms with Gasteiger partial charge in [0.2, 0.25) is 35.4 Å². The number of ketones is 3. The van der Waals surface area contributed by atoms with Crippen molar-refractivity contribution in [1.82, 2.24) is 30.2 Å². The number of ether oxygens (including phenoxy) is 3. The number of aliphatic hydroxyl groups is 1. The molecule has 95 heavy (non-hydrogen) atoms. The molecule has 2 aliphatic heterocycles. The Bertz CT molecular complexity index is 2870. The number of carbonyl (C=O) groups is 11. The molecule has 0 aliphatic carbocycles. The van der Waals surface area contributed by atoms with Gasteiger partial charge in [-0.25, -0.2) is 9.59 Å². The number of benzene rings is 2. The first-order valence-corrected chi connectivity index (χ1v) is 34.3. The lowest BCUT2D eigenvalue weighted by Crippen LogP contribution is -2.54. The van der Waals surface area contributed by atoms with Crippen LogP contribution in [0.4, 0.5) is 15.3 Å². The number of likely N-dealkylation sites (tertiary alicyclic amines) is 2. The first-order chi connectivity index (χ1) is 44.9. The molecule has 0 aromatic heterocycles. The standard InChI is InChI=1S/C72H112N8O15/c1-16-46(8)65(59(93-14)41-62(86)79-36-24-28-55(79)67(94-15)49(11)56(81)37-47(9)66(87)51-25-19-17-20-26-51)77(12)70(90)54(43(2)3)40-58(83)64(45(6)7)78(13)72(92)95-42-50-30-32-53(33-31-50)75-68(88)52(27-23-34-74-71(73)91)39-57(82)63(44(4)5)76-60(84)29-21-18-22-35-80-61(85)38-48(10)69(80)89/h17,19-20,25-26,30-33,43-49,52,54-55,59,63-67,87H,16,18,21-24,27-29,34-42H2,1-15H3,(H,75,88)(H,76,84)(H3,73,74,91)/t46-,47-,48?,49-,52+,54-,55-,59+,63-,64-,65-,66+,67+/m0/s1. The van der Waals surface area contributed by atoms with Crippen molar-refractivity contribution in [2.45, 2.75) is 215 Å². The van der Waals surface area contributed by atoms with Crippen molar-refractivity contribution < 1.29 is 72.1 Å². The lowest BCUT2D eigenvalue weighted by molar-refractivity contribution is -0.149. The third-order valence-electron chi connectivity index (χ3n) is 19.3. The number of Topliss-reactive ketones (excluding diaryl/α,β-unsaturated/α-hetero) is 3. The minimum Gasteiger partial charge on any atom is -0.445 e. The minimum absolute atomic E-state index is 0.0535. The van der Waals surface area contributed by atoms with Crippen LogP contribution in [0.2, 0.25) is 0 Å². The number of primary amides is 1. The van der Waals surface area contributed by atoms with Crippen molar-refractivity contribution in [2.75, 3.05) is 53.3 Å². The fourth-order valence-electron chi connectivity index (χ4n) is 13.4. The SMILES string of the molecule is CC[C@H](C)[C@@H]([C@@H](CC(=O)N1CCC[C@H]1[C@H](OC)[C@@H](C)C(=O)C[C@H](C)[C@@H](O)c1ccccc1)OC)N(C)C(=O)[C@@H](CC(=O)[C@H](C(C)C)N(C)C(=O)OCc1ccc(NC(=O)[C@H](CCCNC(N)=O)CC(=O)[C@@H](NC(=O)CCCCCN2C(=O)CC(C)C2=O)C(C)C)cc1)C(C)C. The molecule has 2 fully saturated rings. The van der Waals surface area contributed by atoms with E-state index in [2.05, 4.69) is 16.0 Å². The van der Waals surface area contributed by atoms with Gasteiger partial charge in [0.25, 0.3) is 0 Å². The molecule has 2 aliphatic rings. The summed E-state index contributed by atoms with van der Waals surface area (Å²) < 4.78 is 17.9. The summed E-state index contributed by atoms with van der Waals surface area (Å²) in [7, 11) is 6.24. The lowest BCUT2D eigenvalue weighted by Gasteiger charge is -2.41. The Balaban J connectivity index is 1.37. The topological polar surface area (TPSA) is 311 Å². The molecule has 6 N–H and O–H groups in total. The van der Waals surface area contributed by atoms with Crippen molar-refractivity contribution in [3.63, 3.8) is 0 Å². The van der Waals surface area contributed by atoms with Crippen LogP contribution < -0.4 is 21.7 Å². The fraction of sp³-hybridized carbons (Fsp3) is 0.681. The summed E-state index contributed by atoms with van der Waals surface area (Å²) in [6, 6.07) is 12.2. The van der Waals surface area contributed by atoms with Crippen molar-refractivity contribution >= 4 is 70.6 Å². The van der Waals surface area contributed by atoms with Gasteiger partial charge in [0, 0.05) is 109 Å². The van der Waals surface area contributed by atoms with Crippen LogP contribution in [-0.2, 0) is 64.0 Å². The number of carbonyl (C=O) groups excluding carboxylic acids is 11. The highest BCUT2D eigenvalue weighted by molar-refractivity contribution is 6.03. The number of imide groups is 1. The molecule has 4 rings (SSSR count). The Morgan fingerprint density at radius 2 is 1.41 bits per heavy atom. The number of amides is 9. The van der Waals surface area contributed by atoms with Gasteiger partial charge in [-0.05, 0) is 91.4 Å². The summed E-state index contributed by atoms with van der Waals surface area (Å²) in [4.78, 5) is 154. The minimum atomic E-state index is -0.965. The second kappa shape index (κ2) is 39.2. The summed E-state index contributed by atoms with van der Waals surface area (Å²) in [5.74, 6) is -6.43. The molecule has 23 nitrogen and oxygen atoms in total. The van der Waals surface area contributed by atoms with Crippen LogP contribution in [0.1, 0.15) is 183 Å². The number of unbranched alkanes of at least 4 members (excludes halogenated alkanes) is 2. The molecule has 9 amide bonds. The number of rotatable bonds is 41. The first-order valence-electron chi connectivity index (χ1n) is 34.3. The van der Waals surface area contributed by atoms with E-state index in [1.807, 2.05) is 85.7 Å². The van der Waals surface area contributed by atoms with Crippen molar-refractivity contribution in [3.8, 4) is 0 Å². The molecular weight excluding hydrogens is 1220 g/mol. The number of nitrogens with two attached hydrogens (primary N) is 1. The van der Waals surface area contributed by atoms with Crippen LogP contribution in [0, 0.1) is 53.3 Å². The van der Waals surface area contributed by atoms with Crippen LogP contribution in [0.3, 0.4) is 0 Å². The van der Waals surface area contributed by atoms with Gasteiger partial charge in [0.15, 0.2) is 11.6 Å². The molecule has 0 bridgehead atoms. The van der Waals surface area contributed by atoms with Crippen molar-refractivity contribution in [3.05, 3.63) is 65.7 Å². The Labute approximate surface area is 563 Å². The molecule has 530 valence electrons. The molecule has 0 spiro atoms. The molecule has 13 atom stereocenters. The largest absolute Gasteiger partial charge is 0.445 e. The van der Waals surface area contributed by atoms with Gasteiger partial charge >= 0.3 is 12.1 Å². The van der Waals surface area contributed by atoms with E-state index in [0.29, 0.717) is 69.3 Å². The lowest BCUT2D eigenvalue weighted by atomic mass is 9.83. The molecule has 23 heteroatoms. The van der Waals surface area contributed by atoms with Crippen LogP contribution in [-0.4, -0.2) is 174 Å². The second-order valence-corrected chi connectivity index (χ2v) is 27.5. The number of anilines is 1. The highest BCUT2D eigenvalue weighted by Crippen LogP contribution is 2.34. The summed E-state index contributed by atoms with van der Waals surface area (Å²) in [6.45, 7) is 21.1. The van der Waals surface area contributed by atoms with E-state index < -0.39 is 72.2 Å². The van der Waals surface area contributed by atoms with Gasteiger partial charge < -0.3 is 55.7 Å². The van der Waals surface area contributed by atoms with Crippen LogP contribution >= 0.6 is 0 Å². The van der Waals surface area contributed by atoms with Gasteiger partial charge in [-0.3, -0.25) is 48.1 Å². The number of hydrogen-bond donors (Lipinski definition) is 5. The maximum absolute atomic E-state index is 14.9. The molecular formula is C72H112N8O15. The number of nitrogens with one attached hydrogen (secondary N) is 3. The summed E-state index contributed by atoms with van der Waals surface area (Å²) >= 11 is 0. The number of hydrogen-bond acceptors (Lipinski definition) is 15. The van der Waals surface area contributed by atoms with E-state index in [1.54, 1.807) is 69.0 Å². The second-order valence-electron chi connectivity index (χ2n) is 27.5. The average Bonchev–Trinajstić information content (AvgIpc) is 1.78. The molecule has 2 heterocycles. The van der Waals surface area contributed by atoms with Crippen LogP contribution in [0.15, 0.2) is 54.6 Å². The normalized spacial score (nSPS) is 18.4. The third-order valence-corrected chi connectivity index (χ3v) is 19.3. The van der Waals surface area contributed by atoms with Crippen molar-refractivity contribution in [1.29, 1.82) is 0 Å². The van der Waals surface area contributed by atoms with E-state index in [1.165, 1.54) is 24.0 Å². The highest BCUT2D eigenvalue weighted by atomic mass is 16.6. The summed E-state index contributed by atoms with van der Waals surface area (Å²) in [6.07, 6.45) is 1.24. The zero-order valence-electron chi connectivity index (χ0n) is 59.2. The predicted molar refractivity (Wildman–Crippen MR) is 362 cm³/mol. The van der Waals surface area contributed by atoms with Gasteiger partial charge in [-0.2, -0.15) is 0 Å². The number of urea groups is 1. The Kier molecular flexibility index (Phi) is 33.1. The number of likely N-dealkylation sites (N-methyl/N-ethyl adjacent to an activating group) is 2. The van der Waals surface area contributed by atoms with E-state index in [0.717, 1.165) is 5.56 Å². The quantitative estimate of drug-likeness (QED) is 0.0307. The van der Waals surface area contributed by atoms with Gasteiger partial charge in [0.05, 0.1) is 48.9 Å². The third kappa shape index (κ3) is 23.6. The number of aliphatic hydroxyl groups excluding tert-OH is 1. The maximum Gasteiger partial charge on any atom is 0.410 e. The first kappa shape index (κ1) is 80.3. The molecule has 2 aromatic carbocycles. The molecule has 2 saturated heterocycles. The molecule has 1 unspecified atom stereocenters. The zero-order chi connectivity index (χ0) is 71.0. The van der Waals surface area contributed by atoms with Gasteiger partial charge in [-0.1, -0.05) is 131 Å². The van der Waals surface area contributed by atoms with E-state index in [9.17, 15) is 57.8 Å². The Morgan fingerprint density at radius 3 is 1.98 bits per heavy atom. The summed E-state index contributed by atoms with van der Waals surface area (Å²) in [5.41, 5.74) is 6.95. The van der Waals surface area contributed by atoms with Crippen LogP contribution in [0.25, 0.3) is 0 Å². The maximum atomic E-state index is 14.9. The fourth-order valence-corrected chi connectivity index (χ4v) is 13.4. The predicted octanol–water partition coefficient (Wildman–Crippen LogP) is 8.82. The molecule has 2 aromatic rings. The van der Waals surface area contributed by atoms with Crippen molar-refractivity contribution in [2.24, 2.45) is 59.0 Å².